The van der Waals surface area contributed by atoms with Crippen molar-refractivity contribution in [2.45, 2.75) is 32.7 Å². The number of fused-ring (bicyclic) bond motifs is 1. The molecule has 1 saturated heterocycles. The number of amides is 1. The first-order chi connectivity index (χ1) is 12.2. The lowest BCUT2D eigenvalue weighted by Crippen LogP contribution is -2.47. The van der Waals surface area contributed by atoms with Gasteiger partial charge in [0.15, 0.2) is 0 Å². The van der Waals surface area contributed by atoms with Gasteiger partial charge >= 0.3 is 0 Å². The monoisotopic (exact) mass is 375 g/mol. The molecule has 140 valence electrons. The van der Waals surface area contributed by atoms with Gasteiger partial charge in [-0.1, -0.05) is 11.6 Å². The van der Waals surface area contributed by atoms with Crippen LogP contribution in [0.1, 0.15) is 34.5 Å². The van der Waals surface area contributed by atoms with Crippen LogP contribution in [0.25, 0.3) is 10.9 Å². The molecule has 7 heteroatoms. The van der Waals surface area contributed by atoms with E-state index in [0.717, 1.165) is 22.2 Å². The SMILES string of the molecule is Cc1ccc2nc(C)c(C(=O)N3CCC(N(C)S(C)(=O)=O)CC3)cc2c1. The lowest BCUT2D eigenvalue weighted by molar-refractivity contribution is 0.0685. The van der Waals surface area contributed by atoms with E-state index in [1.807, 2.05) is 38.1 Å². The Morgan fingerprint density at radius 1 is 1.19 bits per heavy atom. The molecule has 0 bridgehead atoms. The molecule has 0 unspecified atom stereocenters. The van der Waals surface area contributed by atoms with E-state index in [1.54, 1.807) is 11.9 Å². The zero-order valence-electron chi connectivity index (χ0n) is 15.7. The van der Waals surface area contributed by atoms with E-state index >= 15 is 0 Å². The Kier molecular flexibility index (Phi) is 5.03. The molecule has 0 radical (unpaired) electrons. The third kappa shape index (κ3) is 3.73. The van der Waals surface area contributed by atoms with Gasteiger partial charge in [-0.25, -0.2) is 12.7 Å². The highest BCUT2D eigenvalue weighted by Gasteiger charge is 2.30. The molecule has 1 aromatic heterocycles. The number of hydrogen-bond donors (Lipinski definition) is 0. The summed E-state index contributed by atoms with van der Waals surface area (Å²) in [5.41, 5.74) is 3.36. The van der Waals surface area contributed by atoms with Crippen molar-refractivity contribution in [1.29, 1.82) is 0 Å². The van der Waals surface area contributed by atoms with Crippen LogP contribution in [0, 0.1) is 13.8 Å². The van der Waals surface area contributed by atoms with Crippen molar-refractivity contribution in [1.82, 2.24) is 14.2 Å². The molecule has 1 amide bonds. The first-order valence-corrected chi connectivity index (χ1v) is 10.6. The zero-order valence-corrected chi connectivity index (χ0v) is 16.5. The minimum absolute atomic E-state index is 0.0288. The summed E-state index contributed by atoms with van der Waals surface area (Å²) < 4.78 is 24.8. The van der Waals surface area contributed by atoms with Gasteiger partial charge in [-0.05, 0) is 44.9 Å². The summed E-state index contributed by atoms with van der Waals surface area (Å²) in [5.74, 6) is -0.0288. The highest BCUT2D eigenvalue weighted by molar-refractivity contribution is 7.88. The molecule has 0 spiro atoms. The van der Waals surface area contributed by atoms with Crippen molar-refractivity contribution < 1.29 is 13.2 Å². The lowest BCUT2D eigenvalue weighted by Gasteiger charge is -2.35. The smallest absolute Gasteiger partial charge is 0.255 e. The molecule has 26 heavy (non-hydrogen) atoms. The van der Waals surface area contributed by atoms with Gasteiger partial charge in [0.25, 0.3) is 5.91 Å². The van der Waals surface area contributed by atoms with Crippen LogP contribution in [0.15, 0.2) is 24.3 Å². The first kappa shape index (κ1) is 18.8. The molecule has 1 aliphatic rings. The van der Waals surface area contributed by atoms with Crippen molar-refractivity contribution in [2.24, 2.45) is 0 Å². The van der Waals surface area contributed by atoms with Crippen LogP contribution in [0.5, 0.6) is 0 Å². The number of aryl methyl sites for hydroxylation is 2. The highest BCUT2D eigenvalue weighted by atomic mass is 32.2. The Labute approximate surface area is 154 Å². The van der Waals surface area contributed by atoms with Crippen molar-refractivity contribution in [3.05, 3.63) is 41.1 Å². The average Bonchev–Trinajstić information content (AvgIpc) is 2.59. The number of benzene rings is 1. The number of pyridine rings is 1. The fourth-order valence-electron chi connectivity index (χ4n) is 3.48. The summed E-state index contributed by atoms with van der Waals surface area (Å²) in [7, 11) is -1.60. The second-order valence-electron chi connectivity index (χ2n) is 7.12. The second-order valence-corrected chi connectivity index (χ2v) is 9.16. The molecule has 1 aromatic carbocycles. The van der Waals surface area contributed by atoms with E-state index in [1.165, 1.54) is 10.6 Å². The van der Waals surface area contributed by atoms with E-state index < -0.39 is 10.0 Å². The van der Waals surface area contributed by atoms with Crippen LogP contribution in [0.4, 0.5) is 0 Å². The summed E-state index contributed by atoms with van der Waals surface area (Å²) in [6, 6.07) is 7.89. The minimum atomic E-state index is -3.21. The minimum Gasteiger partial charge on any atom is -0.338 e. The standard InChI is InChI=1S/C19H25N3O3S/c1-13-5-6-18-15(11-13)12-17(14(2)20-18)19(23)22-9-7-16(8-10-22)21(3)26(4,24)25/h5-6,11-12,16H,7-10H2,1-4H3. The van der Waals surface area contributed by atoms with Crippen LogP contribution in [-0.2, 0) is 10.0 Å². The Bertz CT molecular complexity index is 948. The third-order valence-electron chi connectivity index (χ3n) is 5.18. The number of hydrogen-bond acceptors (Lipinski definition) is 4. The molecule has 3 rings (SSSR count). The molecule has 0 aliphatic carbocycles. The van der Waals surface area contributed by atoms with Gasteiger partial charge in [0.2, 0.25) is 10.0 Å². The van der Waals surface area contributed by atoms with Gasteiger partial charge in [-0.15, -0.1) is 0 Å². The van der Waals surface area contributed by atoms with Crippen LogP contribution in [0.3, 0.4) is 0 Å². The number of carbonyl (C=O) groups excluding carboxylic acids is 1. The maximum atomic E-state index is 13.0. The molecule has 1 fully saturated rings. The number of piperidine rings is 1. The second kappa shape index (κ2) is 6.96. The van der Waals surface area contributed by atoms with Crippen molar-refractivity contribution in [3.63, 3.8) is 0 Å². The molecule has 0 N–H and O–H groups in total. The zero-order chi connectivity index (χ0) is 19.1. The van der Waals surface area contributed by atoms with Gasteiger partial charge < -0.3 is 4.90 Å². The largest absolute Gasteiger partial charge is 0.338 e. The maximum Gasteiger partial charge on any atom is 0.255 e. The number of likely N-dealkylation sites (tertiary alicyclic amines) is 1. The van der Waals surface area contributed by atoms with Crippen LogP contribution in [0.2, 0.25) is 0 Å². The van der Waals surface area contributed by atoms with Gasteiger partial charge in [0.1, 0.15) is 0 Å². The summed E-state index contributed by atoms with van der Waals surface area (Å²) in [6.07, 6.45) is 2.51. The predicted molar refractivity (Wildman–Crippen MR) is 103 cm³/mol. The molecular formula is C19H25N3O3S. The van der Waals surface area contributed by atoms with E-state index in [2.05, 4.69) is 4.98 Å². The van der Waals surface area contributed by atoms with Crippen molar-refractivity contribution in [2.75, 3.05) is 26.4 Å². The third-order valence-corrected chi connectivity index (χ3v) is 6.52. The molecule has 2 heterocycles. The van der Waals surface area contributed by atoms with Gasteiger partial charge in [-0.3, -0.25) is 9.78 Å². The van der Waals surface area contributed by atoms with Gasteiger partial charge in [0.05, 0.1) is 23.0 Å². The van der Waals surface area contributed by atoms with E-state index in [9.17, 15) is 13.2 Å². The number of rotatable bonds is 3. The average molecular weight is 375 g/mol. The molecule has 0 saturated carbocycles. The van der Waals surface area contributed by atoms with Crippen molar-refractivity contribution >= 4 is 26.8 Å². The highest BCUT2D eigenvalue weighted by Crippen LogP contribution is 2.23. The van der Waals surface area contributed by atoms with E-state index in [0.29, 0.717) is 31.5 Å². The van der Waals surface area contributed by atoms with Gasteiger partial charge in [0, 0.05) is 31.6 Å². The molecule has 0 atom stereocenters. The summed E-state index contributed by atoms with van der Waals surface area (Å²) in [5, 5.41) is 0.964. The predicted octanol–water partition coefficient (Wildman–Crippen LogP) is 2.35. The maximum absolute atomic E-state index is 13.0. The summed E-state index contributed by atoms with van der Waals surface area (Å²) in [6.45, 7) is 4.98. The lowest BCUT2D eigenvalue weighted by atomic mass is 10.0. The quantitative estimate of drug-likeness (QED) is 0.826. The number of carbonyl (C=O) groups is 1. The molecule has 2 aromatic rings. The Morgan fingerprint density at radius 2 is 1.85 bits per heavy atom. The van der Waals surface area contributed by atoms with Crippen LogP contribution >= 0.6 is 0 Å². The normalized spacial score (nSPS) is 16.4. The fraction of sp³-hybridized carbons (Fsp3) is 0.474. The van der Waals surface area contributed by atoms with E-state index in [4.69, 9.17) is 0 Å². The topological polar surface area (TPSA) is 70.6 Å². The fourth-order valence-corrected chi connectivity index (χ4v) is 4.23. The Hall–Kier alpha value is -1.99. The molecular weight excluding hydrogens is 350 g/mol. The molecule has 1 aliphatic heterocycles. The van der Waals surface area contributed by atoms with Gasteiger partial charge in [-0.2, -0.15) is 0 Å². The van der Waals surface area contributed by atoms with E-state index in [-0.39, 0.29) is 11.9 Å². The molecule has 6 nitrogen and oxygen atoms in total. The number of aromatic nitrogens is 1. The summed E-state index contributed by atoms with van der Waals surface area (Å²) >= 11 is 0. The Balaban J connectivity index is 1.78. The van der Waals surface area contributed by atoms with Crippen molar-refractivity contribution in [3.8, 4) is 0 Å². The van der Waals surface area contributed by atoms with Crippen LogP contribution < -0.4 is 0 Å². The Morgan fingerprint density at radius 3 is 2.46 bits per heavy atom. The van der Waals surface area contributed by atoms with Crippen LogP contribution in [-0.4, -0.2) is 60.9 Å². The first-order valence-electron chi connectivity index (χ1n) is 8.77. The number of sulfonamides is 1. The number of nitrogens with zero attached hydrogens (tertiary/aromatic N) is 3. The summed E-state index contributed by atoms with van der Waals surface area (Å²) in [4.78, 5) is 19.4.